The number of likely N-dealkylation sites (tertiary alicyclic amines) is 1. The zero-order valence-electron chi connectivity index (χ0n) is 33.8. The van der Waals surface area contributed by atoms with Crippen LogP contribution in [0.1, 0.15) is 81.6 Å². The molecule has 1 saturated carbocycles. The van der Waals surface area contributed by atoms with E-state index in [1.807, 2.05) is 36.4 Å². The molecule has 3 aromatic carbocycles. The van der Waals surface area contributed by atoms with Crippen LogP contribution in [0.25, 0.3) is 11.0 Å². The van der Waals surface area contributed by atoms with Crippen molar-refractivity contribution >= 4 is 63.3 Å². The Hall–Kier alpha value is -5.96. The number of imide groups is 1. The molecular formula is C46H47ClN8O6. The fraction of sp³-hybridized carbons (Fsp3) is 0.370. The summed E-state index contributed by atoms with van der Waals surface area (Å²) in [6, 6.07) is 19.2. The number of nitrogens with zero attached hydrogens (tertiary/aromatic N) is 6. The van der Waals surface area contributed by atoms with Crippen molar-refractivity contribution in [2.45, 2.75) is 57.0 Å². The molecule has 1 unspecified atom stereocenters. The van der Waals surface area contributed by atoms with Gasteiger partial charge in [0.2, 0.25) is 0 Å². The Morgan fingerprint density at radius 2 is 1.52 bits per heavy atom. The Morgan fingerprint density at radius 1 is 0.787 bits per heavy atom. The van der Waals surface area contributed by atoms with Crippen LogP contribution in [0.15, 0.2) is 79.3 Å². The number of carbonyl (C=O) groups is 5. The molecule has 1 aliphatic carbocycles. The number of anilines is 2. The minimum atomic E-state index is -0.861. The van der Waals surface area contributed by atoms with Gasteiger partial charge in [0.25, 0.3) is 11.8 Å². The standard InChI is InChI=1S/C46H47ClN8O6/c47-38-26-33(61-32-6-2-1-3-7-32)10-12-35(38)42(58)37-27-48-43-41(37)44(50-28-49-43)51-29-14-18-52(19-15-29)16-4-5-17-53-20-22-54(23-21-53)30-8-11-34-36(24-30)46(60)55(45(34)59)39-13-9-31(56)25-40(39)57/h1-3,6-8,10-12,24,26-29,39H,4-5,9,13-23,25H2,(H2,48,49,50,51). The van der Waals surface area contributed by atoms with E-state index in [-0.39, 0.29) is 42.7 Å². The van der Waals surface area contributed by atoms with E-state index in [2.05, 4.69) is 35.0 Å². The van der Waals surface area contributed by atoms with Crippen molar-refractivity contribution in [1.82, 2.24) is 29.7 Å². The Balaban J connectivity index is 0.718. The second-order valence-electron chi connectivity index (χ2n) is 16.3. The lowest BCUT2D eigenvalue weighted by Gasteiger charge is -2.36. The summed E-state index contributed by atoms with van der Waals surface area (Å²) in [7, 11) is 0. The number of amides is 2. The predicted octanol–water partition coefficient (Wildman–Crippen LogP) is 6.40. The van der Waals surface area contributed by atoms with Crippen molar-refractivity contribution in [3.63, 3.8) is 0 Å². The zero-order chi connectivity index (χ0) is 42.0. The fourth-order valence-electron chi connectivity index (χ4n) is 9.02. The number of ketones is 3. The number of Topliss-reactive ketones (excluding diaryl/α,β-unsaturated/α-hetero) is 2. The number of fused-ring (bicyclic) bond motifs is 2. The number of aromatic nitrogens is 3. The van der Waals surface area contributed by atoms with Crippen LogP contribution in [-0.2, 0) is 9.59 Å². The molecule has 9 rings (SSSR count). The van der Waals surface area contributed by atoms with Crippen molar-refractivity contribution in [2.75, 3.05) is 62.6 Å². The van der Waals surface area contributed by atoms with Gasteiger partial charge in [-0.2, -0.15) is 0 Å². The topological polar surface area (TPSA) is 161 Å². The number of piperidine rings is 1. The van der Waals surface area contributed by atoms with Crippen molar-refractivity contribution in [2.24, 2.45) is 0 Å². The summed E-state index contributed by atoms with van der Waals surface area (Å²) in [6.45, 7) is 7.46. The molecule has 14 nitrogen and oxygen atoms in total. The number of nitrogens with one attached hydrogen (secondary N) is 2. The number of H-pyrrole nitrogens is 1. The largest absolute Gasteiger partial charge is 0.457 e. The maximum absolute atomic E-state index is 13.8. The molecule has 2 amide bonds. The molecule has 5 heterocycles. The number of ether oxygens (including phenoxy) is 1. The van der Waals surface area contributed by atoms with E-state index in [0.29, 0.717) is 55.6 Å². The summed E-state index contributed by atoms with van der Waals surface area (Å²) >= 11 is 6.63. The Kier molecular flexibility index (Phi) is 11.6. The van der Waals surface area contributed by atoms with Crippen LogP contribution in [-0.4, -0.2) is 123 Å². The Bertz CT molecular complexity index is 2490. The summed E-state index contributed by atoms with van der Waals surface area (Å²) in [5.74, 6) is 0.232. The number of benzene rings is 3. The molecule has 4 aliphatic rings. The Labute approximate surface area is 358 Å². The first-order valence-electron chi connectivity index (χ1n) is 21.1. The highest BCUT2D eigenvalue weighted by Crippen LogP contribution is 2.34. The molecule has 0 spiro atoms. The average Bonchev–Trinajstić information content (AvgIpc) is 3.82. The van der Waals surface area contributed by atoms with Gasteiger partial charge >= 0.3 is 0 Å². The number of para-hydroxylation sites is 1. The third kappa shape index (κ3) is 8.52. The van der Waals surface area contributed by atoms with Gasteiger partial charge in [-0.1, -0.05) is 29.8 Å². The summed E-state index contributed by atoms with van der Waals surface area (Å²) in [5.41, 5.74) is 2.96. The number of rotatable bonds is 13. The number of aromatic amines is 1. The van der Waals surface area contributed by atoms with Gasteiger partial charge in [0.15, 0.2) is 11.6 Å². The van der Waals surface area contributed by atoms with Gasteiger partial charge in [0, 0.05) is 75.2 Å². The predicted molar refractivity (Wildman–Crippen MR) is 231 cm³/mol. The quantitative estimate of drug-likeness (QED) is 0.0582. The van der Waals surface area contributed by atoms with Crippen LogP contribution in [0.3, 0.4) is 0 Å². The molecule has 5 aromatic rings. The number of hydrogen-bond donors (Lipinski definition) is 2. The highest BCUT2D eigenvalue weighted by atomic mass is 35.5. The van der Waals surface area contributed by atoms with Crippen molar-refractivity contribution < 1.29 is 28.7 Å². The molecule has 314 valence electrons. The van der Waals surface area contributed by atoms with Crippen LogP contribution < -0.4 is 15.0 Å². The number of carbonyl (C=O) groups excluding carboxylic acids is 5. The second kappa shape index (κ2) is 17.6. The van der Waals surface area contributed by atoms with Crippen molar-refractivity contribution in [3.05, 3.63) is 107 Å². The molecule has 61 heavy (non-hydrogen) atoms. The van der Waals surface area contributed by atoms with Gasteiger partial charge in [0.1, 0.15) is 35.1 Å². The second-order valence-corrected chi connectivity index (χ2v) is 16.7. The lowest BCUT2D eigenvalue weighted by atomic mass is 9.92. The van der Waals surface area contributed by atoms with E-state index < -0.39 is 17.9 Å². The van der Waals surface area contributed by atoms with E-state index in [1.165, 1.54) is 6.33 Å². The number of piperazine rings is 1. The zero-order valence-corrected chi connectivity index (χ0v) is 34.5. The van der Waals surface area contributed by atoms with Crippen LogP contribution in [0.5, 0.6) is 11.5 Å². The van der Waals surface area contributed by atoms with E-state index in [9.17, 15) is 24.0 Å². The lowest BCUT2D eigenvalue weighted by molar-refractivity contribution is -0.132. The molecule has 0 bridgehead atoms. The van der Waals surface area contributed by atoms with Crippen LogP contribution in [0, 0.1) is 0 Å². The maximum Gasteiger partial charge on any atom is 0.262 e. The first-order chi connectivity index (χ1) is 29.7. The lowest BCUT2D eigenvalue weighted by Crippen LogP contribution is -2.47. The summed E-state index contributed by atoms with van der Waals surface area (Å²) in [4.78, 5) is 85.0. The molecule has 3 aliphatic heterocycles. The van der Waals surface area contributed by atoms with Gasteiger partial charge in [-0.25, -0.2) is 9.97 Å². The molecule has 2 N–H and O–H groups in total. The molecule has 2 saturated heterocycles. The molecule has 3 fully saturated rings. The van der Waals surface area contributed by atoms with Gasteiger partial charge in [-0.3, -0.25) is 33.8 Å². The summed E-state index contributed by atoms with van der Waals surface area (Å²) < 4.78 is 5.90. The third-order valence-electron chi connectivity index (χ3n) is 12.4. The first-order valence-corrected chi connectivity index (χ1v) is 21.5. The number of unbranched alkanes of at least 4 members (excludes halogenated alkanes) is 1. The minimum Gasteiger partial charge on any atom is -0.457 e. The van der Waals surface area contributed by atoms with Gasteiger partial charge in [-0.15, -0.1) is 0 Å². The van der Waals surface area contributed by atoms with Crippen LogP contribution in [0.4, 0.5) is 11.5 Å². The molecule has 1 atom stereocenters. The van der Waals surface area contributed by atoms with E-state index >= 15 is 0 Å². The van der Waals surface area contributed by atoms with E-state index in [1.54, 1.807) is 36.5 Å². The minimum absolute atomic E-state index is 0.142. The molecule has 2 aromatic heterocycles. The van der Waals surface area contributed by atoms with Crippen LogP contribution >= 0.6 is 11.6 Å². The highest BCUT2D eigenvalue weighted by Gasteiger charge is 2.44. The Morgan fingerprint density at radius 3 is 2.26 bits per heavy atom. The van der Waals surface area contributed by atoms with Crippen molar-refractivity contribution in [3.8, 4) is 11.5 Å². The SMILES string of the molecule is O=C1CCC(N2C(=O)c3ccc(N4CCN(CCCCN5CCC(Nc6ncnc7[nH]cc(C(=O)c8ccc(Oc9ccccc9)cc8Cl)c67)CC5)CC4)cc3C2=O)C(=O)C1. The number of hydrogen-bond acceptors (Lipinski definition) is 12. The average molecular weight is 843 g/mol. The fourth-order valence-corrected chi connectivity index (χ4v) is 9.28. The normalized spacial score (nSPS) is 19.2. The maximum atomic E-state index is 13.8. The van der Waals surface area contributed by atoms with Gasteiger partial charge in [-0.05, 0) is 87.7 Å². The first kappa shape index (κ1) is 40.4. The van der Waals surface area contributed by atoms with Crippen molar-refractivity contribution in [1.29, 1.82) is 0 Å². The molecular weight excluding hydrogens is 796 g/mol. The number of halogens is 1. The smallest absolute Gasteiger partial charge is 0.262 e. The third-order valence-corrected chi connectivity index (χ3v) is 12.7. The molecule has 0 radical (unpaired) electrons. The van der Waals surface area contributed by atoms with E-state index in [4.69, 9.17) is 16.3 Å². The van der Waals surface area contributed by atoms with Gasteiger partial charge in [0.05, 0.1) is 39.6 Å². The highest BCUT2D eigenvalue weighted by molar-refractivity contribution is 6.36. The van der Waals surface area contributed by atoms with Gasteiger partial charge < -0.3 is 24.8 Å². The summed E-state index contributed by atoms with van der Waals surface area (Å²) in [6.07, 6.45) is 7.48. The monoisotopic (exact) mass is 842 g/mol. The van der Waals surface area contributed by atoms with Crippen LogP contribution in [0.2, 0.25) is 5.02 Å². The summed E-state index contributed by atoms with van der Waals surface area (Å²) in [5, 5.41) is 4.56. The van der Waals surface area contributed by atoms with E-state index in [0.717, 1.165) is 88.6 Å². The molecule has 15 heteroatoms.